The normalized spacial score (nSPS) is 13.6. The molecule has 0 aromatic carbocycles. The van der Waals surface area contributed by atoms with Gasteiger partial charge in [0.2, 0.25) is 0 Å². The summed E-state index contributed by atoms with van der Waals surface area (Å²) in [5.41, 5.74) is 0. The first-order valence-electron chi connectivity index (χ1n) is 2.19. The van der Waals surface area contributed by atoms with Crippen molar-refractivity contribution in [1.82, 2.24) is 0 Å². The van der Waals surface area contributed by atoms with Crippen LogP contribution in [-0.4, -0.2) is 23.6 Å². The van der Waals surface area contributed by atoms with Crippen LogP contribution in [0.4, 0.5) is 4.39 Å². The molecule has 1 atom stereocenters. The lowest BCUT2D eigenvalue weighted by atomic mass is 10.8. The minimum absolute atomic E-state index is 0.468. The maximum atomic E-state index is 11.6. The second kappa shape index (κ2) is 3.82. The van der Waals surface area contributed by atoms with E-state index in [9.17, 15) is 9.18 Å². The Labute approximate surface area is 50.9 Å². The Morgan fingerprint density at radius 2 is 2.56 bits per heavy atom. The lowest BCUT2D eigenvalue weighted by Crippen LogP contribution is -1.99. The molecular formula is C4H6FNO3. The first-order valence-corrected chi connectivity index (χ1v) is 2.19. The van der Waals surface area contributed by atoms with E-state index in [-0.39, 0.29) is 0 Å². The molecule has 1 unspecified atom stereocenters. The number of oxime groups is 1. The summed E-state index contributed by atoms with van der Waals surface area (Å²) in [5, 5.41) is 10.6. The average Bonchev–Trinajstić information content (AvgIpc) is 1.63. The Balaban J connectivity index is 3.36. The third-order valence-corrected chi connectivity index (χ3v) is 0.369. The lowest BCUT2D eigenvalue weighted by Gasteiger charge is -1.94. The van der Waals surface area contributed by atoms with Crippen LogP contribution >= 0.6 is 0 Å². The predicted octanol–water partition coefficient (Wildman–Crippen LogP) is 0.389. The van der Waals surface area contributed by atoms with Gasteiger partial charge < -0.3 is 9.94 Å². The van der Waals surface area contributed by atoms with Crippen LogP contribution in [0.3, 0.4) is 0 Å². The van der Waals surface area contributed by atoms with Crippen LogP contribution in [0.2, 0.25) is 0 Å². The summed E-state index contributed by atoms with van der Waals surface area (Å²) in [4.78, 5) is 13.5. The Morgan fingerprint density at radius 3 is 2.89 bits per heavy atom. The van der Waals surface area contributed by atoms with Gasteiger partial charge in [0.05, 0.1) is 0 Å². The van der Waals surface area contributed by atoms with Crippen LogP contribution in [0.25, 0.3) is 0 Å². The zero-order valence-corrected chi connectivity index (χ0v) is 4.74. The van der Waals surface area contributed by atoms with E-state index >= 15 is 0 Å². The molecule has 0 aliphatic carbocycles. The predicted molar refractivity (Wildman–Crippen MR) is 27.8 cm³/mol. The molecule has 9 heavy (non-hydrogen) atoms. The fraction of sp³-hybridized carbons (Fsp3) is 0.500. The highest BCUT2D eigenvalue weighted by molar-refractivity contribution is 6.21. The summed E-state index contributed by atoms with van der Waals surface area (Å²) in [6.07, 6.45) is -1.10. The van der Waals surface area contributed by atoms with Crippen molar-refractivity contribution < 1.29 is 19.1 Å². The molecule has 0 aromatic rings. The van der Waals surface area contributed by atoms with E-state index in [0.717, 1.165) is 6.92 Å². The smallest absolute Gasteiger partial charge is 0.350 e. The summed E-state index contributed by atoms with van der Waals surface area (Å²) in [5.74, 6) is -1.27. The SMILES string of the molecule is CC(F)ON=CC(=O)O. The van der Waals surface area contributed by atoms with Gasteiger partial charge in [0.25, 0.3) is 6.36 Å². The Kier molecular flexibility index (Phi) is 3.34. The van der Waals surface area contributed by atoms with E-state index in [0.29, 0.717) is 6.21 Å². The van der Waals surface area contributed by atoms with E-state index in [4.69, 9.17) is 5.11 Å². The molecule has 0 spiro atoms. The van der Waals surface area contributed by atoms with Crippen molar-refractivity contribution in [2.24, 2.45) is 5.16 Å². The van der Waals surface area contributed by atoms with Gasteiger partial charge in [0.1, 0.15) is 0 Å². The lowest BCUT2D eigenvalue weighted by molar-refractivity contribution is -0.129. The molecule has 5 heteroatoms. The molecule has 0 aromatic heterocycles. The highest BCUT2D eigenvalue weighted by Crippen LogP contribution is 1.88. The van der Waals surface area contributed by atoms with E-state index in [2.05, 4.69) is 9.99 Å². The van der Waals surface area contributed by atoms with E-state index in [1.807, 2.05) is 0 Å². The van der Waals surface area contributed by atoms with Crippen LogP contribution < -0.4 is 0 Å². The second-order valence-electron chi connectivity index (χ2n) is 1.22. The number of carboxylic acid groups (broad SMARTS) is 1. The van der Waals surface area contributed by atoms with Crippen molar-refractivity contribution in [2.75, 3.05) is 0 Å². The third kappa shape index (κ3) is 6.87. The zero-order valence-electron chi connectivity index (χ0n) is 4.74. The maximum absolute atomic E-state index is 11.6. The molecule has 52 valence electrons. The van der Waals surface area contributed by atoms with Crippen LogP contribution in [0.15, 0.2) is 5.16 Å². The number of hydrogen-bond donors (Lipinski definition) is 1. The number of halogens is 1. The van der Waals surface area contributed by atoms with E-state index in [1.54, 1.807) is 0 Å². The van der Waals surface area contributed by atoms with Gasteiger partial charge in [-0.3, -0.25) is 0 Å². The molecule has 0 amide bonds. The number of nitrogens with zero attached hydrogens (tertiary/aromatic N) is 1. The number of alkyl halides is 1. The minimum atomic E-state index is -1.57. The summed E-state index contributed by atoms with van der Waals surface area (Å²) in [6, 6.07) is 0. The van der Waals surface area contributed by atoms with Gasteiger partial charge in [-0.2, -0.15) is 4.39 Å². The molecule has 1 N–H and O–H groups in total. The van der Waals surface area contributed by atoms with Gasteiger partial charge in [-0.1, -0.05) is 5.16 Å². The largest absolute Gasteiger partial charge is 0.477 e. The Hall–Kier alpha value is -1.13. The van der Waals surface area contributed by atoms with Gasteiger partial charge >= 0.3 is 5.97 Å². The maximum Gasteiger partial charge on any atom is 0.350 e. The molecule has 0 heterocycles. The van der Waals surface area contributed by atoms with Crippen LogP contribution in [-0.2, 0) is 9.63 Å². The summed E-state index contributed by atoms with van der Waals surface area (Å²) >= 11 is 0. The molecule has 0 rings (SSSR count). The van der Waals surface area contributed by atoms with Crippen molar-refractivity contribution in [2.45, 2.75) is 13.3 Å². The number of aliphatic carboxylic acids is 1. The summed E-state index contributed by atoms with van der Waals surface area (Å²) in [7, 11) is 0. The van der Waals surface area contributed by atoms with Crippen molar-refractivity contribution in [3.05, 3.63) is 0 Å². The van der Waals surface area contributed by atoms with E-state index in [1.165, 1.54) is 0 Å². The van der Waals surface area contributed by atoms with Crippen molar-refractivity contribution >= 4 is 12.2 Å². The van der Waals surface area contributed by atoms with Crippen molar-refractivity contribution in [3.8, 4) is 0 Å². The molecule has 0 saturated heterocycles. The monoisotopic (exact) mass is 135 g/mol. The minimum Gasteiger partial charge on any atom is -0.477 e. The quantitative estimate of drug-likeness (QED) is 0.449. The second-order valence-corrected chi connectivity index (χ2v) is 1.22. The fourth-order valence-corrected chi connectivity index (χ4v) is 0.159. The Bertz CT molecular complexity index is 123. The Morgan fingerprint density at radius 1 is 2.00 bits per heavy atom. The molecule has 0 radical (unpaired) electrons. The van der Waals surface area contributed by atoms with Crippen LogP contribution in [0.5, 0.6) is 0 Å². The number of carboxylic acids is 1. The number of hydrogen-bond acceptors (Lipinski definition) is 3. The summed E-state index contributed by atoms with van der Waals surface area (Å²) in [6.45, 7) is 1.10. The molecular weight excluding hydrogens is 129 g/mol. The summed E-state index contributed by atoms with van der Waals surface area (Å²) < 4.78 is 11.6. The highest BCUT2D eigenvalue weighted by atomic mass is 19.1. The number of carbonyl (C=O) groups is 1. The molecule has 0 saturated carbocycles. The van der Waals surface area contributed by atoms with Crippen molar-refractivity contribution in [1.29, 1.82) is 0 Å². The van der Waals surface area contributed by atoms with Crippen molar-refractivity contribution in [3.63, 3.8) is 0 Å². The topological polar surface area (TPSA) is 58.9 Å². The first-order chi connectivity index (χ1) is 4.13. The molecule has 0 aliphatic rings. The average molecular weight is 135 g/mol. The third-order valence-electron chi connectivity index (χ3n) is 0.369. The number of rotatable bonds is 3. The van der Waals surface area contributed by atoms with Crippen LogP contribution in [0, 0.1) is 0 Å². The molecule has 0 fully saturated rings. The zero-order chi connectivity index (χ0) is 7.28. The van der Waals surface area contributed by atoms with Gasteiger partial charge in [-0.25, -0.2) is 4.79 Å². The highest BCUT2D eigenvalue weighted by Gasteiger charge is 1.93. The van der Waals surface area contributed by atoms with Gasteiger partial charge in [0, 0.05) is 6.92 Å². The fourth-order valence-electron chi connectivity index (χ4n) is 0.159. The van der Waals surface area contributed by atoms with Crippen LogP contribution in [0.1, 0.15) is 6.92 Å². The molecule has 0 bridgehead atoms. The van der Waals surface area contributed by atoms with E-state index < -0.39 is 12.3 Å². The van der Waals surface area contributed by atoms with Gasteiger partial charge in [-0.05, 0) is 0 Å². The first kappa shape index (κ1) is 7.87. The molecule has 4 nitrogen and oxygen atoms in total. The van der Waals surface area contributed by atoms with Gasteiger partial charge in [-0.15, -0.1) is 0 Å². The standard InChI is InChI=1S/C4H6FNO3/c1-3(5)9-6-2-4(7)8/h2-3H,1H3,(H,7,8). The van der Waals surface area contributed by atoms with Gasteiger partial charge in [0.15, 0.2) is 6.21 Å². The molecule has 0 aliphatic heterocycles.